The molecule has 3 aromatic heterocycles. The Morgan fingerprint density at radius 2 is 2.06 bits per heavy atom. The molecule has 168 valence electrons. The van der Waals surface area contributed by atoms with E-state index >= 15 is 0 Å². The molecule has 1 aromatic carbocycles. The van der Waals surface area contributed by atoms with Gasteiger partial charge in [-0.1, -0.05) is 11.6 Å². The van der Waals surface area contributed by atoms with Crippen molar-refractivity contribution in [2.24, 2.45) is 7.05 Å². The summed E-state index contributed by atoms with van der Waals surface area (Å²) in [6.07, 6.45) is 5.77. The smallest absolute Gasteiger partial charge is 0.289 e. The van der Waals surface area contributed by atoms with E-state index in [4.69, 9.17) is 21.8 Å². The normalized spacial score (nSPS) is 15.8. The third kappa shape index (κ3) is 4.14. The largest absolute Gasteiger partial charge is 0.451 e. The van der Waals surface area contributed by atoms with Gasteiger partial charge in [-0.05, 0) is 36.8 Å². The number of halogens is 1. The highest BCUT2D eigenvalue weighted by Gasteiger charge is 2.30. The summed E-state index contributed by atoms with van der Waals surface area (Å²) in [6.45, 7) is 0.878. The number of carbonyl (C=O) groups is 2. The zero-order valence-electron chi connectivity index (χ0n) is 17.8. The first-order chi connectivity index (χ1) is 15.9. The Kier molecular flexibility index (Phi) is 5.26. The Morgan fingerprint density at radius 3 is 2.85 bits per heavy atom. The molecule has 3 N–H and O–H groups in total. The van der Waals surface area contributed by atoms with Gasteiger partial charge < -0.3 is 20.4 Å². The van der Waals surface area contributed by atoms with Crippen LogP contribution in [0.5, 0.6) is 0 Å². The van der Waals surface area contributed by atoms with E-state index in [1.807, 2.05) is 13.2 Å². The van der Waals surface area contributed by atoms with Crippen molar-refractivity contribution < 1.29 is 14.0 Å². The van der Waals surface area contributed by atoms with Gasteiger partial charge in [-0.3, -0.25) is 14.3 Å². The van der Waals surface area contributed by atoms with Gasteiger partial charge in [-0.25, -0.2) is 4.98 Å². The van der Waals surface area contributed by atoms with Crippen LogP contribution in [0.25, 0.3) is 22.1 Å². The fourth-order valence-electron chi connectivity index (χ4n) is 3.99. The molecule has 9 nitrogen and oxygen atoms in total. The van der Waals surface area contributed by atoms with Gasteiger partial charge in [0.2, 0.25) is 0 Å². The van der Waals surface area contributed by atoms with E-state index in [9.17, 15) is 9.59 Å². The van der Waals surface area contributed by atoms with Gasteiger partial charge in [0, 0.05) is 60.1 Å². The van der Waals surface area contributed by atoms with Crippen LogP contribution in [0.3, 0.4) is 0 Å². The Hall–Kier alpha value is -3.85. The zero-order chi connectivity index (χ0) is 23.1. The van der Waals surface area contributed by atoms with Gasteiger partial charge in [0.25, 0.3) is 11.8 Å². The van der Waals surface area contributed by atoms with Crippen LogP contribution in [0.2, 0.25) is 5.02 Å². The molecule has 1 saturated heterocycles. The van der Waals surface area contributed by atoms with Gasteiger partial charge in [-0.2, -0.15) is 5.10 Å². The Morgan fingerprint density at radius 1 is 1.21 bits per heavy atom. The summed E-state index contributed by atoms with van der Waals surface area (Å²) in [6, 6.07) is 8.38. The van der Waals surface area contributed by atoms with Crippen LogP contribution in [-0.2, 0) is 7.05 Å². The minimum Gasteiger partial charge on any atom is -0.451 e. The van der Waals surface area contributed by atoms with Gasteiger partial charge in [-0.15, -0.1) is 0 Å². The monoisotopic (exact) mass is 464 g/mol. The van der Waals surface area contributed by atoms with Gasteiger partial charge in [0.05, 0.1) is 11.8 Å². The average Bonchev–Trinajstić information content (AvgIpc) is 3.53. The van der Waals surface area contributed by atoms with E-state index in [2.05, 4.69) is 15.4 Å². The maximum atomic E-state index is 12.9. The Balaban J connectivity index is 1.27. The highest BCUT2D eigenvalue weighted by atomic mass is 35.5. The number of hydrogen-bond donors (Lipinski definition) is 2. The zero-order valence-corrected chi connectivity index (χ0v) is 18.5. The molecule has 2 amide bonds. The number of rotatable bonds is 4. The molecule has 4 aromatic rings. The fourth-order valence-corrected chi connectivity index (χ4v) is 4.17. The van der Waals surface area contributed by atoms with E-state index in [1.54, 1.807) is 52.3 Å². The lowest BCUT2D eigenvalue weighted by Crippen LogP contribution is -2.38. The topological polar surface area (TPSA) is 119 Å². The molecule has 1 fully saturated rings. The van der Waals surface area contributed by atoms with Crippen molar-refractivity contribution in [2.75, 3.05) is 18.8 Å². The molecule has 1 aliphatic heterocycles. The third-order valence-corrected chi connectivity index (χ3v) is 5.94. The van der Waals surface area contributed by atoms with Crippen molar-refractivity contribution in [3.8, 4) is 11.1 Å². The van der Waals surface area contributed by atoms with Gasteiger partial charge in [0.15, 0.2) is 5.76 Å². The number of nitrogens with zero attached hydrogens (tertiary/aromatic N) is 4. The quantitative estimate of drug-likeness (QED) is 0.479. The molecule has 4 heterocycles. The Labute approximate surface area is 194 Å². The number of aromatic nitrogens is 3. The number of nitrogen functional groups attached to an aromatic ring is 1. The van der Waals surface area contributed by atoms with E-state index in [1.165, 1.54) is 0 Å². The van der Waals surface area contributed by atoms with Crippen molar-refractivity contribution in [2.45, 2.75) is 12.5 Å². The number of nitrogens with two attached hydrogens (primary N) is 1. The average molecular weight is 465 g/mol. The van der Waals surface area contributed by atoms with Crippen molar-refractivity contribution in [1.82, 2.24) is 25.0 Å². The highest BCUT2D eigenvalue weighted by Crippen LogP contribution is 2.25. The number of hydrogen-bond acceptors (Lipinski definition) is 6. The van der Waals surface area contributed by atoms with Crippen LogP contribution in [-0.4, -0.2) is 50.6 Å². The van der Waals surface area contributed by atoms with Crippen LogP contribution in [0.4, 0.5) is 5.82 Å². The first-order valence-electron chi connectivity index (χ1n) is 10.4. The van der Waals surface area contributed by atoms with Crippen molar-refractivity contribution >= 4 is 40.2 Å². The van der Waals surface area contributed by atoms with Crippen molar-refractivity contribution in [3.63, 3.8) is 0 Å². The minimum absolute atomic E-state index is 0.145. The number of fused-ring (bicyclic) bond motifs is 1. The summed E-state index contributed by atoms with van der Waals surface area (Å²) in [5.74, 6) is -0.161. The van der Waals surface area contributed by atoms with Gasteiger partial charge >= 0.3 is 0 Å². The second-order valence-corrected chi connectivity index (χ2v) is 8.50. The standard InChI is InChI=1S/C23H21ClN6O3/c1-29-11-15(10-27-29)14-7-18(21(25)26-9-14)22(31)28-17-4-5-30(12-17)23(32)20-8-13-6-16(24)2-3-19(13)33-20/h2-3,6-11,17H,4-5,12H2,1H3,(H2,25,26)(H,28,31)/t17-/m1/s1. The van der Waals surface area contributed by atoms with E-state index < -0.39 is 0 Å². The third-order valence-electron chi connectivity index (χ3n) is 5.70. The fraction of sp³-hybridized carbons (Fsp3) is 0.217. The molecule has 0 bridgehead atoms. The van der Waals surface area contributed by atoms with E-state index in [-0.39, 0.29) is 35.0 Å². The van der Waals surface area contributed by atoms with Gasteiger partial charge in [0.1, 0.15) is 11.4 Å². The summed E-state index contributed by atoms with van der Waals surface area (Å²) in [4.78, 5) is 31.7. The maximum Gasteiger partial charge on any atom is 0.289 e. The van der Waals surface area contributed by atoms with Crippen LogP contribution in [0, 0.1) is 0 Å². The van der Waals surface area contributed by atoms with Crippen LogP contribution < -0.4 is 11.1 Å². The second-order valence-electron chi connectivity index (χ2n) is 8.06. The predicted molar refractivity (Wildman–Crippen MR) is 124 cm³/mol. The second kappa shape index (κ2) is 8.25. The molecule has 0 unspecified atom stereocenters. The minimum atomic E-state index is -0.330. The molecule has 33 heavy (non-hydrogen) atoms. The number of furan rings is 1. The summed E-state index contributed by atoms with van der Waals surface area (Å²) in [5.41, 5.74) is 8.44. The molecule has 10 heteroatoms. The highest BCUT2D eigenvalue weighted by molar-refractivity contribution is 6.31. The molecule has 5 rings (SSSR count). The lowest BCUT2D eigenvalue weighted by atomic mass is 10.1. The lowest BCUT2D eigenvalue weighted by Gasteiger charge is -2.16. The van der Waals surface area contributed by atoms with E-state index in [0.717, 1.165) is 16.5 Å². The summed E-state index contributed by atoms with van der Waals surface area (Å²) in [5, 5.41) is 8.46. The molecule has 0 aliphatic carbocycles. The molecule has 0 radical (unpaired) electrons. The van der Waals surface area contributed by atoms with Crippen LogP contribution in [0.1, 0.15) is 27.3 Å². The van der Waals surface area contributed by atoms with Crippen molar-refractivity contribution in [3.05, 3.63) is 65.3 Å². The molecule has 0 saturated carbocycles. The number of nitrogens with one attached hydrogen (secondary N) is 1. The maximum absolute atomic E-state index is 12.9. The molecule has 1 atom stereocenters. The summed E-state index contributed by atoms with van der Waals surface area (Å²) >= 11 is 6.01. The van der Waals surface area contributed by atoms with Crippen molar-refractivity contribution in [1.29, 1.82) is 0 Å². The number of anilines is 1. The number of aryl methyl sites for hydroxylation is 1. The lowest BCUT2D eigenvalue weighted by molar-refractivity contribution is 0.0755. The molecule has 1 aliphatic rings. The first kappa shape index (κ1) is 21.0. The predicted octanol–water partition coefficient (Wildman–Crippen LogP) is 3.11. The SMILES string of the molecule is Cn1cc(-c2cnc(N)c(C(=O)N[C@@H]3CCN(C(=O)c4cc5cc(Cl)ccc5o4)C3)c2)cn1. The van der Waals surface area contributed by atoms with Crippen LogP contribution in [0.15, 0.2) is 53.3 Å². The summed E-state index contributed by atoms with van der Waals surface area (Å²) < 4.78 is 7.36. The number of carbonyl (C=O) groups excluding carboxylic acids is 2. The van der Waals surface area contributed by atoms with E-state index in [0.29, 0.717) is 30.1 Å². The number of amides is 2. The number of benzene rings is 1. The molecular formula is C23H21ClN6O3. The summed E-state index contributed by atoms with van der Waals surface area (Å²) in [7, 11) is 1.81. The number of pyridine rings is 1. The molecular weight excluding hydrogens is 444 g/mol. The number of likely N-dealkylation sites (tertiary alicyclic amines) is 1. The Bertz CT molecular complexity index is 1380. The van der Waals surface area contributed by atoms with Crippen LogP contribution >= 0.6 is 11.6 Å². The first-order valence-corrected chi connectivity index (χ1v) is 10.8. The molecule has 0 spiro atoms.